The molecule has 0 aromatic rings. The highest BCUT2D eigenvalue weighted by Crippen LogP contribution is 2.23. The first-order valence-electron chi connectivity index (χ1n) is 4.00. The van der Waals surface area contributed by atoms with Crippen LogP contribution in [-0.2, 0) is 0 Å². The second-order valence-corrected chi connectivity index (χ2v) is 3.81. The Bertz CT molecular complexity index is 71.7. The number of rotatable bonds is 5. The minimum absolute atomic E-state index is 0.170. The lowest BCUT2D eigenvalue weighted by Gasteiger charge is -2.14. The van der Waals surface area contributed by atoms with Crippen molar-refractivity contribution >= 4 is 23.2 Å². The van der Waals surface area contributed by atoms with E-state index < -0.39 is 0 Å². The Morgan fingerprint density at radius 1 is 1.20 bits per heavy atom. The van der Waals surface area contributed by atoms with Gasteiger partial charge in [-0.15, -0.1) is 23.2 Å². The van der Waals surface area contributed by atoms with Gasteiger partial charge in [0.15, 0.2) is 0 Å². The smallest absolute Gasteiger partial charge is 0.105 e. The van der Waals surface area contributed by atoms with Crippen molar-refractivity contribution in [1.29, 1.82) is 0 Å². The molecule has 0 heterocycles. The van der Waals surface area contributed by atoms with Crippen molar-refractivity contribution in [3.8, 4) is 0 Å². The molecule has 0 spiro atoms. The van der Waals surface area contributed by atoms with Crippen LogP contribution in [0.3, 0.4) is 0 Å². The van der Waals surface area contributed by atoms with Gasteiger partial charge < -0.3 is 0 Å². The molecule has 1 atom stereocenters. The number of alkyl halides is 2. The van der Waals surface area contributed by atoms with Gasteiger partial charge in [0.05, 0.1) is 0 Å². The molecule has 0 bridgehead atoms. The van der Waals surface area contributed by atoms with Crippen molar-refractivity contribution < 1.29 is 0 Å². The highest BCUT2D eigenvalue weighted by Gasteiger charge is 2.13. The summed E-state index contributed by atoms with van der Waals surface area (Å²) in [5, 5.41) is 0. The van der Waals surface area contributed by atoms with E-state index in [1.807, 2.05) is 0 Å². The Morgan fingerprint density at radius 3 is 2.10 bits per heavy atom. The summed E-state index contributed by atoms with van der Waals surface area (Å²) >= 11 is 11.5. The molecule has 0 aromatic heterocycles. The van der Waals surface area contributed by atoms with Gasteiger partial charge in [-0.25, -0.2) is 0 Å². The molecule has 0 radical (unpaired) electrons. The summed E-state index contributed by atoms with van der Waals surface area (Å²) in [4.78, 5) is -0.170. The Labute approximate surface area is 73.9 Å². The molecule has 0 aliphatic carbocycles. The third kappa shape index (κ3) is 4.40. The summed E-state index contributed by atoms with van der Waals surface area (Å²) in [5.41, 5.74) is 0. The van der Waals surface area contributed by atoms with E-state index in [2.05, 4.69) is 13.8 Å². The van der Waals surface area contributed by atoms with Gasteiger partial charge in [-0.1, -0.05) is 33.1 Å². The molecule has 0 aliphatic heterocycles. The summed E-state index contributed by atoms with van der Waals surface area (Å²) < 4.78 is 0. The molecule has 0 aliphatic rings. The molecule has 2 heteroatoms. The predicted octanol–water partition coefficient (Wildman–Crippen LogP) is 4.01. The van der Waals surface area contributed by atoms with E-state index in [0.717, 1.165) is 6.42 Å². The fourth-order valence-electron chi connectivity index (χ4n) is 0.975. The molecule has 0 rings (SSSR count). The Morgan fingerprint density at radius 2 is 1.80 bits per heavy atom. The molecule has 62 valence electrons. The van der Waals surface area contributed by atoms with E-state index in [1.54, 1.807) is 0 Å². The van der Waals surface area contributed by atoms with Gasteiger partial charge in [0.2, 0.25) is 0 Å². The monoisotopic (exact) mass is 182 g/mol. The van der Waals surface area contributed by atoms with E-state index >= 15 is 0 Å². The predicted molar refractivity (Wildman–Crippen MR) is 48.8 cm³/mol. The third-order valence-corrected chi connectivity index (χ3v) is 2.52. The lowest BCUT2D eigenvalue weighted by Crippen LogP contribution is -2.07. The van der Waals surface area contributed by atoms with Gasteiger partial charge in [-0.05, 0) is 12.3 Å². The first-order valence-corrected chi connectivity index (χ1v) is 4.87. The van der Waals surface area contributed by atoms with E-state index in [-0.39, 0.29) is 4.84 Å². The molecule has 1 unspecified atom stereocenters. The molecule has 0 amide bonds. The summed E-state index contributed by atoms with van der Waals surface area (Å²) in [6.45, 7) is 4.32. The lowest BCUT2D eigenvalue weighted by molar-refractivity contribution is 0.479. The summed E-state index contributed by atoms with van der Waals surface area (Å²) in [6, 6.07) is 0. The first kappa shape index (κ1) is 10.6. The SMILES string of the molecule is CCCCC(CC)C(Cl)Cl. The van der Waals surface area contributed by atoms with Crippen LogP contribution in [0.5, 0.6) is 0 Å². The highest BCUT2D eigenvalue weighted by atomic mass is 35.5. The normalized spacial score (nSPS) is 14.1. The fraction of sp³-hybridized carbons (Fsp3) is 1.00. The van der Waals surface area contributed by atoms with Gasteiger partial charge >= 0.3 is 0 Å². The van der Waals surface area contributed by atoms with Crippen LogP contribution >= 0.6 is 23.2 Å². The molecular weight excluding hydrogens is 167 g/mol. The number of hydrogen-bond donors (Lipinski definition) is 0. The number of halogens is 2. The third-order valence-electron chi connectivity index (χ3n) is 1.81. The molecule has 0 saturated carbocycles. The highest BCUT2D eigenvalue weighted by molar-refractivity contribution is 6.44. The van der Waals surface area contributed by atoms with Crippen LogP contribution in [0.25, 0.3) is 0 Å². The van der Waals surface area contributed by atoms with Crippen LogP contribution in [-0.4, -0.2) is 4.84 Å². The Kier molecular flexibility index (Phi) is 6.67. The molecular formula is C8H16Cl2. The Hall–Kier alpha value is 0.580. The van der Waals surface area contributed by atoms with Gasteiger partial charge in [-0.3, -0.25) is 0 Å². The van der Waals surface area contributed by atoms with Crippen molar-refractivity contribution in [3.63, 3.8) is 0 Å². The molecule has 0 aromatic carbocycles. The zero-order chi connectivity index (χ0) is 7.98. The number of unbranched alkanes of at least 4 members (excludes halogenated alkanes) is 1. The lowest BCUT2D eigenvalue weighted by atomic mass is 10.0. The number of hydrogen-bond acceptors (Lipinski definition) is 0. The second kappa shape index (κ2) is 6.30. The largest absolute Gasteiger partial charge is 0.110 e. The first-order chi connectivity index (χ1) is 4.72. The molecule has 10 heavy (non-hydrogen) atoms. The standard InChI is InChI=1S/C8H16Cl2/c1-3-5-6-7(4-2)8(9)10/h7-8H,3-6H2,1-2H3. The average Bonchev–Trinajstić information content (AvgIpc) is 1.89. The summed E-state index contributed by atoms with van der Waals surface area (Å²) in [5.74, 6) is 0.503. The van der Waals surface area contributed by atoms with Gasteiger partial charge in [0, 0.05) is 0 Å². The van der Waals surface area contributed by atoms with Crippen LogP contribution < -0.4 is 0 Å². The minimum atomic E-state index is -0.170. The van der Waals surface area contributed by atoms with Crippen LogP contribution in [0.15, 0.2) is 0 Å². The quantitative estimate of drug-likeness (QED) is 0.565. The zero-order valence-electron chi connectivity index (χ0n) is 6.74. The van der Waals surface area contributed by atoms with Gasteiger partial charge in [0.1, 0.15) is 4.84 Å². The zero-order valence-corrected chi connectivity index (χ0v) is 8.25. The van der Waals surface area contributed by atoms with Crippen molar-refractivity contribution in [2.45, 2.75) is 44.4 Å². The molecule has 0 nitrogen and oxygen atoms in total. The van der Waals surface area contributed by atoms with Crippen LogP contribution in [0.2, 0.25) is 0 Å². The van der Waals surface area contributed by atoms with Crippen molar-refractivity contribution in [3.05, 3.63) is 0 Å². The maximum absolute atomic E-state index is 5.75. The maximum atomic E-state index is 5.75. The van der Waals surface area contributed by atoms with Crippen LogP contribution in [0.1, 0.15) is 39.5 Å². The van der Waals surface area contributed by atoms with Crippen molar-refractivity contribution in [1.82, 2.24) is 0 Å². The molecule has 0 fully saturated rings. The minimum Gasteiger partial charge on any atom is -0.105 e. The van der Waals surface area contributed by atoms with Gasteiger partial charge in [-0.2, -0.15) is 0 Å². The average molecular weight is 183 g/mol. The summed E-state index contributed by atoms with van der Waals surface area (Å²) in [7, 11) is 0. The van der Waals surface area contributed by atoms with Gasteiger partial charge in [0.25, 0.3) is 0 Å². The molecule has 0 saturated heterocycles. The molecule has 0 N–H and O–H groups in total. The van der Waals surface area contributed by atoms with E-state index in [0.29, 0.717) is 5.92 Å². The Balaban J connectivity index is 3.40. The second-order valence-electron chi connectivity index (χ2n) is 2.65. The van der Waals surface area contributed by atoms with Crippen LogP contribution in [0.4, 0.5) is 0 Å². The van der Waals surface area contributed by atoms with E-state index in [4.69, 9.17) is 23.2 Å². The fourth-order valence-corrected chi connectivity index (χ4v) is 1.58. The van der Waals surface area contributed by atoms with E-state index in [9.17, 15) is 0 Å². The van der Waals surface area contributed by atoms with Crippen LogP contribution in [0, 0.1) is 5.92 Å². The van der Waals surface area contributed by atoms with Crippen molar-refractivity contribution in [2.75, 3.05) is 0 Å². The maximum Gasteiger partial charge on any atom is 0.110 e. The topological polar surface area (TPSA) is 0 Å². The van der Waals surface area contributed by atoms with E-state index in [1.165, 1.54) is 19.3 Å². The van der Waals surface area contributed by atoms with Crippen molar-refractivity contribution in [2.24, 2.45) is 5.92 Å². The summed E-state index contributed by atoms with van der Waals surface area (Å²) in [6.07, 6.45) is 4.74.